The first kappa shape index (κ1) is 33.0. The molecule has 0 fully saturated rings. The monoisotopic (exact) mass is 663 g/mol. The van der Waals surface area contributed by atoms with E-state index in [9.17, 15) is 14.4 Å². The van der Waals surface area contributed by atoms with Gasteiger partial charge in [0.2, 0.25) is 5.91 Å². The van der Waals surface area contributed by atoms with Crippen molar-refractivity contribution in [1.29, 1.82) is 0 Å². The topological polar surface area (TPSA) is 134 Å². The SMILES string of the molecule is CCOC(=O)c1c(NC(=O)CSc2nnc(CNC(=O)c3cc(OC)cc(OC)c3)n2Cc2ccccc2)sc2c1CCCCC2. The van der Waals surface area contributed by atoms with Crippen molar-refractivity contribution in [2.75, 3.05) is 31.9 Å². The van der Waals surface area contributed by atoms with Gasteiger partial charge in [0.15, 0.2) is 11.0 Å². The summed E-state index contributed by atoms with van der Waals surface area (Å²) < 4.78 is 17.8. The van der Waals surface area contributed by atoms with Crippen LogP contribution in [0.4, 0.5) is 5.00 Å². The number of nitrogens with zero attached hydrogens (tertiary/aromatic N) is 3. The van der Waals surface area contributed by atoms with Crippen LogP contribution in [0.1, 0.15) is 68.7 Å². The van der Waals surface area contributed by atoms with E-state index in [0.717, 1.165) is 48.1 Å². The number of hydrogen-bond acceptors (Lipinski definition) is 10. The minimum absolute atomic E-state index is 0.0493. The van der Waals surface area contributed by atoms with E-state index >= 15 is 0 Å². The summed E-state index contributed by atoms with van der Waals surface area (Å²) in [6.07, 6.45) is 4.88. The van der Waals surface area contributed by atoms with Gasteiger partial charge in [0.25, 0.3) is 5.91 Å². The van der Waals surface area contributed by atoms with Crippen LogP contribution in [0.3, 0.4) is 0 Å². The maximum atomic E-state index is 13.2. The molecule has 2 amide bonds. The Hall–Kier alpha value is -4.36. The Bertz CT molecular complexity index is 1660. The molecule has 2 heterocycles. The van der Waals surface area contributed by atoms with Gasteiger partial charge in [-0.05, 0) is 55.9 Å². The summed E-state index contributed by atoms with van der Waals surface area (Å²) in [6.45, 7) is 2.59. The largest absolute Gasteiger partial charge is 0.497 e. The van der Waals surface area contributed by atoms with Crippen LogP contribution in [0.25, 0.3) is 0 Å². The molecule has 0 spiro atoms. The van der Waals surface area contributed by atoms with Gasteiger partial charge in [0, 0.05) is 16.5 Å². The number of carbonyl (C=O) groups is 3. The third-order valence-corrected chi connectivity index (χ3v) is 9.66. The molecule has 0 radical (unpaired) electrons. The molecule has 0 saturated carbocycles. The number of rotatable bonds is 13. The Kier molecular flexibility index (Phi) is 11.3. The van der Waals surface area contributed by atoms with E-state index in [2.05, 4.69) is 20.8 Å². The first-order valence-corrected chi connectivity index (χ1v) is 16.9. The number of fused-ring (bicyclic) bond motifs is 1. The standard InChI is InChI=1S/C33H37N5O6S2/c1-4-44-32(41)29-25-13-9-6-10-14-26(25)46-31(29)35-28(39)20-45-33-37-36-27(38(33)19-21-11-7-5-8-12-21)18-34-30(40)22-15-23(42-2)17-24(16-22)43-3/h5,7-8,11-12,15-17H,4,6,9-10,13-14,18-20H2,1-3H3,(H,34,40)(H,35,39). The lowest BCUT2D eigenvalue weighted by Crippen LogP contribution is -2.25. The second-order valence-corrected chi connectivity index (χ2v) is 12.6. The number of anilines is 1. The summed E-state index contributed by atoms with van der Waals surface area (Å²) in [6, 6.07) is 14.8. The summed E-state index contributed by atoms with van der Waals surface area (Å²) in [5.74, 6) is 0.596. The zero-order valence-electron chi connectivity index (χ0n) is 26.1. The third kappa shape index (κ3) is 8.07. The predicted molar refractivity (Wildman–Crippen MR) is 177 cm³/mol. The third-order valence-electron chi connectivity index (χ3n) is 7.48. The molecule has 2 aromatic heterocycles. The van der Waals surface area contributed by atoms with E-state index in [0.29, 0.717) is 45.2 Å². The Balaban J connectivity index is 1.31. The molecule has 0 atom stereocenters. The summed E-state index contributed by atoms with van der Waals surface area (Å²) in [5, 5.41) is 15.7. The number of thiophene rings is 1. The summed E-state index contributed by atoms with van der Waals surface area (Å²) in [4.78, 5) is 40.4. The number of nitrogens with one attached hydrogen (secondary N) is 2. The van der Waals surface area contributed by atoms with Gasteiger partial charge in [-0.2, -0.15) is 0 Å². The molecule has 11 nitrogen and oxygen atoms in total. The average Bonchev–Trinajstić information content (AvgIpc) is 3.53. The number of benzene rings is 2. The number of aryl methyl sites for hydroxylation is 1. The highest BCUT2D eigenvalue weighted by molar-refractivity contribution is 7.99. The van der Waals surface area contributed by atoms with Gasteiger partial charge in [-0.25, -0.2) is 4.79 Å². The van der Waals surface area contributed by atoms with Gasteiger partial charge in [0.1, 0.15) is 16.5 Å². The molecule has 46 heavy (non-hydrogen) atoms. The Morgan fingerprint density at radius 2 is 1.72 bits per heavy atom. The molecule has 1 aliphatic carbocycles. The maximum absolute atomic E-state index is 13.2. The van der Waals surface area contributed by atoms with Crippen molar-refractivity contribution in [2.45, 2.75) is 57.3 Å². The lowest BCUT2D eigenvalue weighted by atomic mass is 10.1. The van der Waals surface area contributed by atoms with Crippen molar-refractivity contribution in [3.05, 3.63) is 81.5 Å². The van der Waals surface area contributed by atoms with Crippen LogP contribution >= 0.6 is 23.1 Å². The molecule has 13 heteroatoms. The first-order chi connectivity index (χ1) is 22.4. The van der Waals surface area contributed by atoms with Gasteiger partial charge >= 0.3 is 5.97 Å². The molecule has 5 rings (SSSR count). The minimum Gasteiger partial charge on any atom is -0.497 e. The highest BCUT2D eigenvalue weighted by Crippen LogP contribution is 2.38. The first-order valence-electron chi connectivity index (χ1n) is 15.1. The number of amides is 2. The number of hydrogen-bond donors (Lipinski definition) is 2. The van der Waals surface area contributed by atoms with Crippen molar-refractivity contribution in [3.63, 3.8) is 0 Å². The van der Waals surface area contributed by atoms with Gasteiger partial charge < -0.3 is 29.4 Å². The van der Waals surface area contributed by atoms with E-state index < -0.39 is 5.97 Å². The van der Waals surface area contributed by atoms with Crippen molar-refractivity contribution in [1.82, 2.24) is 20.1 Å². The molecule has 4 aromatic rings. The molecule has 2 N–H and O–H groups in total. The fourth-order valence-corrected chi connectivity index (χ4v) is 7.27. The molecule has 0 aliphatic heterocycles. The Labute approximate surface area is 276 Å². The van der Waals surface area contributed by atoms with Crippen molar-refractivity contribution in [2.24, 2.45) is 0 Å². The maximum Gasteiger partial charge on any atom is 0.341 e. The summed E-state index contributed by atoms with van der Waals surface area (Å²) in [5.41, 5.74) is 2.88. The molecule has 0 saturated heterocycles. The number of esters is 1. The molecule has 0 bridgehead atoms. The van der Waals surface area contributed by atoms with Gasteiger partial charge in [-0.15, -0.1) is 21.5 Å². The number of ether oxygens (including phenoxy) is 3. The number of aromatic nitrogens is 3. The average molecular weight is 664 g/mol. The van der Waals surface area contributed by atoms with Crippen LogP contribution in [0.5, 0.6) is 11.5 Å². The van der Waals surface area contributed by atoms with Gasteiger partial charge in [-0.3, -0.25) is 9.59 Å². The van der Waals surface area contributed by atoms with Crippen LogP contribution < -0.4 is 20.1 Å². The highest BCUT2D eigenvalue weighted by Gasteiger charge is 2.27. The van der Waals surface area contributed by atoms with E-state index in [1.807, 2.05) is 34.9 Å². The molecule has 2 aromatic carbocycles. The minimum atomic E-state index is -0.397. The van der Waals surface area contributed by atoms with Crippen LogP contribution in [0.2, 0.25) is 0 Å². The number of thioether (sulfide) groups is 1. The fourth-order valence-electron chi connectivity index (χ4n) is 5.22. The smallest absolute Gasteiger partial charge is 0.341 e. The Morgan fingerprint density at radius 3 is 2.43 bits per heavy atom. The van der Waals surface area contributed by atoms with Crippen LogP contribution in [-0.2, 0) is 35.5 Å². The highest BCUT2D eigenvalue weighted by atomic mass is 32.2. The lowest BCUT2D eigenvalue weighted by Gasteiger charge is -2.12. The quantitative estimate of drug-likeness (QED) is 0.108. The molecule has 242 valence electrons. The van der Waals surface area contributed by atoms with Crippen LogP contribution in [-0.4, -0.2) is 59.1 Å². The van der Waals surface area contributed by atoms with Gasteiger partial charge in [0.05, 0.1) is 45.2 Å². The normalized spacial score (nSPS) is 12.5. The van der Waals surface area contributed by atoms with Crippen LogP contribution in [0.15, 0.2) is 53.7 Å². The second-order valence-electron chi connectivity index (χ2n) is 10.6. The van der Waals surface area contributed by atoms with E-state index in [-0.39, 0.29) is 30.7 Å². The summed E-state index contributed by atoms with van der Waals surface area (Å²) in [7, 11) is 3.05. The summed E-state index contributed by atoms with van der Waals surface area (Å²) >= 11 is 2.71. The lowest BCUT2D eigenvalue weighted by molar-refractivity contribution is -0.113. The van der Waals surface area contributed by atoms with Crippen LogP contribution in [0, 0.1) is 0 Å². The number of carbonyl (C=O) groups excluding carboxylic acids is 3. The van der Waals surface area contributed by atoms with E-state index in [4.69, 9.17) is 14.2 Å². The molecule has 1 aliphatic rings. The molecular weight excluding hydrogens is 627 g/mol. The Morgan fingerprint density at radius 1 is 0.978 bits per heavy atom. The van der Waals surface area contributed by atoms with E-state index in [1.165, 1.54) is 37.3 Å². The van der Waals surface area contributed by atoms with Gasteiger partial charge in [-0.1, -0.05) is 48.5 Å². The van der Waals surface area contributed by atoms with Crippen molar-refractivity contribution >= 4 is 45.9 Å². The van der Waals surface area contributed by atoms with E-state index in [1.54, 1.807) is 25.1 Å². The molecule has 0 unspecified atom stereocenters. The zero-order chi connectivity index (χ0) is 32.5. The number of methoxy groups -OCH3 is 2. The fraction of sp³-hybridized carbons (Fsp3) is 0.364. The zero-order valence-corrected chi connectivity index (χ0v) is 27.7. The van der Waals surface area contributed by atoms with Crippen molar-refractivity contribution < 1.29 is 28.6 Å². The molecular formula is C33H37N5O6S2. The predicted octanol–water partition coefficient (Wildman–Crippen LogP) is 5.51. The van der Waals surface area contributed by atoms with Crippen molar-refractivity contribution in [3.8, 4) is 11.5 Å². The second kappa shape index (κ2) is 15.8.